The summed E-state index contributed by atoms with van der Waals surface area (Å²) >= 11 is 11.4. The third-order valence-electron chi connectivity index (χ3n) is 2.18. The molecule has 0 aliphatic carbocycles. The van der Waals surface area contributed by atoms with Gasteiger partial charge in [0.1, 0.15) is 16.9 Å². The van der Waals surface area contributed by atoms with Gasteiger partial charge >= 0.3 is 0 Å². The summed E-state index contributed by atoms with van der Waals surface area (Å²) in [5, 5.41) is 11.9. The molecule has 2 rings (SSSR count). The number of amides is 1. The molecule has 0 aliphatic heterocycles. The lowest BCUT2D eigenvalue weighted by molar-refractivity contribution is 0.102. The molecule has 0 saturated heterocycles. The molecule has 1 heterocycles. The fourth-order valence-corrected chi connectivity index (χ4v) is 1.64. The van der Waals surface area contributed by atoms with Crippen LogP contribution < -0.4 is 5.32 Å². The van der Waals surface area contributed by atoms with Crippen LogP contribution in [0.25, 0.3) is 0 Å². The topological polar surface area (TPSA) is 78.7 Å². The van der Waals surface area contributed by atoms with Crippen molar-refractivity contribution in [2.45, 2.75) is 0 Å². The number of nitriles is 1. The van der Waals surface area contributed by atoms with E-state index < -0.39 is 5.91 Å². The Labute approximate surface area is 118 Å². The lowest BCUT2D eigenvalue weighted by Crippen LogP contribution is -2.14. The fourth-order valence-electron chi connectivity index (χ4n) is 1.34. The van der Waals surface area contributed by atoms with Gasteiger partial charge in [-0.1, -0.05) is 23.2 Å². The molecule has 94 valence electrons. The maximum absolute atomic E-state index is 11.9. The molecule has 0 spiro atoms. The van der Waals surface area contributed by atoms with Crippen LogP contribution in [0.4, 0.5) is 5.69 Å². The van der Waals surface area contributed by atoms with Crippen molar-refractivity contribution < 1.29 is 4.79 Å². The van der Waals surface area contributed by atoms with Gasteiger partial charge in [0.25, 0.3) is 5.91 Å². The highest BCUT2D eigenvalue weighted by molar-refractivity contribution is 6.31. The summed E-state index contributed by atoms with van der Waals surface area (Å²) in [6.07, 6.45) is 2.62. The van der Waals surface area contributed by atoms with E-state index in [1.54, 1.807) is 6.07 Å². The van der Waals surface area contributed by atoms with Crippen molar-refractivity contribution in [1.29, 1.82) is 5.26 Å². The Bertz CT molecular complexity index is 682. The second kappa shape index (κ2) is 5.65. The quantitative estimate of drug-likeness (QED) is 0.923. The van der Waals surface area contributed by atoms with Crippen LogP contribution in [-0.4, -0.2) is 15.9 Å². The first-order chi connectivity index (χ1) is 9.10. The summed E-state index contributed by atoms with van der Waals surface area (Å²) in [4.78, 5) is 19.5. The first-order valence-corrected chi connectivity index (χ1v) is 5.84. The van der Waals surface area contributed by atoms with Crippen molar-refractivity contribution in [3.05, 3.63) is 52.0 Å². The van der Waals surface area contributed by atoms with Gasteiger partial charge < -0.3 is 5.32 Å². The van der Waals surface area contributed by atoms with Crippen molar-refractivity contribution in [3.63, 3.8) is 0 Å². The largest absolute Gasteiger partial charge is 0.321 e. The predicted molar refractivity (Wildman–Crippen MR) is 71.2 cm³/mol. The van der Waals surface area contributed by atoms with Crippen LogP contribution in [0.3, 0.4) is 0 Å². The number of nitrogens with zero attached hydrogens (tertiary/aromatic N) is 3. The second-order valence-corrected chi connectivity index (χ2v) is 4.28. The van der Waals surface area contributed by atoms with E-state index in [9.17, 15) is 4.79 Å². The van der Waals surface area contributed by atoms with Gasteiger partial charge in [-0.05, 0) is 18.2 Å². The van der Waals surface area contributed by atoms with E-state index in [0.717, 1.165) is 0 Å². The highest BCUT2D eigenvalue weighted by Gasteiger charge is 2.10. The van der Waals surface area contributed by atoms with Crippen molar-refractivity contribution in [3.8, 4) is 6.07 Å². The Balaban J connectivity index is 2.22. The molecule has 0 radical (unpaired) electrons. The van der Waals surface area contributed by atoms with E-state index in [0.29, 0.717) is 10.7 Å². The van der Waals surface area contributed by atoms with Crippen LogP contribution in [0, 0.1) is 11.3 Å². The number of anilines is 1. The number of benzene rings is 1. The average Bonchev–Trinajstić information content (AvgIpc) is 2.41. The Morgan fingerprint density at radius 3 is 2.79 bits per heavy atom. The normalized spacial score (nSPS) is 9.74. The number of aromatic nitrogens is 2. The molecule has 0 fully saturated rings. The van der Waals surface area contributed by atoms with Crippen molar-refractivity contribution >= 4 is 34.8 Å². The molecule has 0 bridgehead atoms. The van der Waals surface area contributed by atoms with Crippen LogP contribution in [0.1, 0.15) is 16.1 Å². The predicted octanol–water partition coefficient (Wildman–Crippen LogP) is 2.91. The molecular weight excluding hydrogens is 287 g/mol. The van der Waals surface area contributed by atoms with Crippen molar-refractivity contribution in [2.75, 3.05) is 5.32 Å². The maximum atomic E-state index is 11.9. The number of nitrogens with one attached hydrogen (secondary N) is 1. The molecule has 0 aliphatic rings. The van der Waals surface area contributed by atoms with E-state index in [-0.39, 0.29) is 16.4 Å². The van der Waals surface area contributed by atoms with Gasteiger partial charge in [-0.2, -0.15) is 5.26 Å². The average molecular weight is 293 g/mol. The minimum absolute atomic E-state index is 0.0842. The molecule has 0 atom stereocenters. The molecule has 1 amide bonds. The zero-order valence-electron chi connectivity index (χ0n) is 9.39. The Morgan fingerprint density at radius 2 is 2.11 bits per heavy atom. The number of hydrogen-bond donors (Lipinski definition) is 1. The molecule has 1 aromatic carbocycles. The molecule has 2 aromatic rings. The summed E-state index contributed by atoms with van der Waals surface area (Å²) in [5.74, 6) is -0.471. The fraction of sp³-hybridized carbons (Fsp3) is 0. The Kier molecular flexibility index (Phi) is 3.95. The van der Waals surface area contributed by atoms with E-state index in [4.69, 9.17) is 28.5 Å². The zero-order chi connectivity index (χ0) is 13.8. The summed E-state index contributed by atoms with van der Waals surface area (Å²) < 4.78 is 0. The number of hydrogen-bond acceptors (Lipinski definition) is 4. The van der Waals surface area contributed by atoms with Crippen LogP contribution >= 0.6 is 23.2 Å². The summed E-state index contributed by atoms with van der Waals surface area (Å²) in [6, 6.07) is 6.51. The monoisotopic (exact) mass is 292 g/mol. The molecule has 7 heteroatoms. The maximum Gasteiger partial charge on any atom is 0.275 e. The lowest BCUT2D eigenvalue weighted by Gasteiger charge is -2.05. The smallest absolute Gasteiger partial charge is 0.275 e. The zero-order valence-corrected chi connectivity index (χ0v) is 10.9. The number of rotatable bonds is 2. The summed E-state index contributed by atoms with van der Waals surface area (Å²) in [5.41, 5.74) is 0.797. The minimum atomic E-state index is -0.471. The molecule has 0 unspecified atom stereocenters. The molecule has 1 aromatic heterocycles. The third-order valence-corrected chi connectivity index (χ3v) is 2.69. The Hall–Kier alpha value is -2.16. The van der Waals surface area contributed by atoms with Gasteiger partial charge in [0, 0.05) is 5.69 Å². The third kappa shape index (κ3) is 3.19. The van der Waals surface area contributed by atoms with E-state index in [1.807, 2.05) is 6.07 Å². The van der Waals surface area contributed by atoms with Crippen LogP contribution in [0.5, 0.6) is 0 Å². The van der Waals surface area contributed by atoms with Crippen LogP contribution in [0.2, 0.25) is 10.2 Å². The van der Waals surface area contributed by atoms with Crippen molar-refractivity contribution in [1.82, 2.24) is 9.97 Å². The number of halogens is 2. The number of carbonyl (C=O) groups is 1. The first-order valence-electron chi connectivity index (χ1n) is 5.08. The molecule has 0 saturated carbocycles. The van der Waals surface area contributed by atoms with E-state index in [2.05, 4.69) is 15.3 Å². The van der Waals surface area contributed by atoms with Gasteiger partial charge in [-0.25, -0.2) is 4.98 Å². The summed E-state index contributed by atoms with van der Waals surface area (Å²) in [7, 11) is 0. The number of carbonyl (C=O) groups excluding carboxylic acids is 1. The SMILES string of the molecule is N#Cc1cc(NC(=O)c2cncc(Cl)n2)ccc1Cl. The van der Waals surface area contributed by atoms with Crippen molar-refractivity contribution in [2.24, 2.45) is 0 Å². The second-order valence-electron chi connectivity index (χ2n) is 3.49. The molecule has 1 N–H and O–H groups in total. The molecule has 19 heavy (non-hydrogen) atoms. The summed E-state index contributed by atoms with van der Waals surface area (Å²) in [6.45, 7) is 0. The van der Waals surface area contributed by atoms with E-state index in [1.165, 1.54) is 24.5 Å². The van der Waals surface area contributed by atoms with Crippen LogP contribution in [0.15, 0.2) is 30.6 Å². The minimum Gasteiger partial charge on any atom is -0.321 e. The Morgan fingerprint density at radius 1 is 1.32 bits per heavy atom. The first kappa shape index (κ1) is 13.3. The van der Waals surface area contributed by atoms with E-state index >= 15 is 0 Å². The van der Waals surface area contributed by atoms with Gasteiger partial charge in [-0.15, -0.1) is 0 Å². The van der Waals surface area contributed by atoms with Gasteiger partial charge in [0.2, 0.25) is 0 Å². The van der Waals surface area contributed by atoms with Gasteiger partial charge in [0.15, 0.2) is 0 Å². The lowest BCUT2D eigenvalue weighted by atomic mass is 10.2. The molecule has 5 nitrogen and oxygen atoms in total. The van der Waals surface area contributed by atoms with Crippen LogP contribution in [-0.2, 0) is 0 Å². The standard InChI is InChI=1S/C12H6Cl2N4O/c13-9-2-1-8(3-7(9)4-15)17-12(19)10-5-16-6-11(14)18-10/h1-3,5-6H,(H,17,19). The molecular formula is C12H6Cl2N4O. The highest BCUT2D eigenvalue weighted by atomic mass is 35.5. The van der Waals surface area contributed by atoms with Gasteiger partial charge in [0.05, 0.1) is 23.0 Å². The highest BCUT2D eigenvalue weighted by Crippen LogP contribution is 2.20. The van der Waals surface area contributed by atoms with Gasteiger partial charge in [-0.3, -0.25) is 9.78 Å².